The number of carboxylic acid groups (broad SMARTS) is 2. The summed E-state index contributed by atoms with van der Waals surface area (Å²) in [6.45, 7) is 2.46. The number of nitrogens with one attached hydrogen (secondary N) is 1. The van der Waals surface area contributed by atoms with Gasteiger partial charge in [-0.25, -0.2) is 9.78 Å². The molecule has 10 heteroatoms. The highest BCUT2D eigenvalue weighted by molar-refractivity contribution is 6.30. The van der Waals surface area contributed by atoms with E-state index in [1.165, 1.54) is 10.6 Å². The zero-order valence-corrected chi connectivity index (χ0v) is 22.8. The summed E-state index contributed by atoms with van der Waals surface area (Å²) in [7, 11) is 0. The van der Waals surface area contributed by atoms with Crippen LogP contribution in [-0.4, -0.2) is 42.2 Å². The lowest BCUT2D eigenvalue weighted by Crippen LogP contribution is -2.29. The number of carbonyl (C=O) groups is 3. The van der Waals surface area contributed by atoms with Gasteiger partial charge in [0.15, 0.2) is 5.15 Å². The van der Waals surface area contributed by atoms with Gasteiger partial charge in [0.05, 0.1) is 12.1 Å². The highest BCUT2D eigenvalue weighted by atomic mass is 35.5. The van der Waals surface area contributed by atoms with Gasteiger partial charge in [-0.15, -0.1) is 0 Å². The maximum atomic E-state index is 13.5. The Labute approximate surface area is 237 Å². The van der Waals surface area contributed by atoms with Gasteiger partial charge in [-0.3, -0.25) is 9.59 Å². The van der Waals surface area contributed by atoms with E-state index in [0.717, 1.165) is 29.8 Å². The zero-order chi connectivity index (χ0) is 28.6. The highest BCUT2D eigenvalue weighted by Crippen LogP contribution is 2.24. The van der Waals surface area contributed by atoms with Crippen LogP contribution in [0.2, 0.25) is 5.15 Å². The van der Waals surface area contributed by atoms with Crippen molar-refractivity contribution in [3.05, 3.63) is 106 Å². The molecule has 0 saturated heterocycles. The molecular weight excluding hydrogens is 532 g/mol. The number of carbonyl (C=O) groups excluding carboxylic acids is 1. The number of aryl methyl sites for hydroxylation is 1. The number of benzene rings is 2. The van der Waals surface area contributed by atoms with E-state index in [-0.39, 0.29) is 23.2 Å². The summed E-state index contributed by atoms with van der Waals surface area (Å²) in [5.41, 5.74) is 2.83. The van der Waals surface area contributed by atoms with Crippen LogP contribution < -0.4 is 5.32 Å². The minimum absolute atomic E-state index is 0.0291. The summed E-state index contributed by atoms with van der Waals surface area (Å²) in [5.74, 6) is -1.70. The summed E-state index contributed by atoms with van der Waals surface area (Å²) in [6.07, 6.45) is 4.24. The number of hydrogen-bond acceptors (Lipinski definition) is 4. The quantitative estimate of drug-likeness (QED) is 0.198. The number of aromatic nitrogens is 3. The molecule has 0 aliphatic carbocycles. The summed E-state index contributed by atoms with van der Waals surface area (Å²) in [4.78, 5) is 41.1. The minimum atomic E-state index is -1.11. The predicted molar refractivity (Wildman–Crippen MR) is 152 cm³/mol. The first-order valence-corrected chi connectivity index (χ1v) is 13.4. The monoisotopic (exact) mass is 562 g/mol. The Kier molecular flexibility index (Phi) is 9.39. The average molecular weight is 563 g/mol. The molecule has 0 radical (unpaired) electrons. The van der Waals surface area contributed by atoms with Crippen molar-refractivity contribution in [2.45, 2.75) is 51.6 Å². The molecule has 4 aromatic rings. The zero-order valence-electron chi connectivity index (χ0n) is 22.1. The molecule has 1 amide bonds. The van der Waals surface area contributed by atoms with E-state index in [9.17, 15) is 24.6 Å². The maximum Gasteiger partial charge on any atom is 0.352 e. The molecule has 3 N–H and O–H groups in total. The van der Waals surface area contributed by atoms with Crippen molar-refractivity contribution in [3.63, 3.8) is 0 Å². The third kappa shape index (κ3) is 6.98. The van der Waals surface area contributed by atoms with E-state index in [1.807, 2.05) is 47.0 Å². The first-order valence-electron chi connectivity index (χ1n) is 13.1. The van der Waals surface area contributed by atoms with Gasteiger partial charge in [0.1, 0.15) is 17.6 Å². The number of unbranched alkanes of at least 4 members (excludes halogenated alkanes) is 1. The van der Waals surface area contributed by atoms with E-state index < -0.39 is 18.0 Å². The number of hydrogen-bond donors (Lipinski definition) is 3. The number of anilines is 1. The van der Waals surface area contributed by atoms with Gasteiger partial charge in [0.25, 0.3) is 0 Å². The third-order valence-corrected chi connectivity index (χ3v) is 6.95. The Morgan fingerprint density at radius 2 is 1.70 bits per heavy atom. The largest absolute Gasteiger partial charge is 0.481 e. The fraction of sp³-hybridized carbons (Fsp3) is 0.267. The molecule has 40 heavy (non-hydrogen) atoms. The fourth-order valence-corrected chi connectivity index (χ4v) is 4.90. The van der Waals surface area contributed by atoms with E-state index >= 15 is 0 Å². The highest BCUT2D eigenvalue weighted by Gasteiger charge is 2.25. The van der Waals surface area contributed by atoms with E-state index in [0.29, 0.717) is 30.8 Å². The van der Waals surface area contributed by atoms with Crippen LogP contribution in [0.25, 0.3) is 0 Å². The molecule has 2 aromatic carbocycles. The van der Waals surface area contributed by atoms with Gasteiger partial charge in [-0.2, -0.15) is 0 Å². The lowest BCUT2D eigenvalue weighted by atomic mass is 10.0. The van der Waals surface area contributed by atoms with Crippen LogP contribution in [0.5, 0.6) is 0 Å². The van der Waals surface area contributed by atoms with E-state index in [1.54, 1.807) is 24.4 Å². The first kappa shape index (κ1) is 28.6. The Hall–Kier alpha value is -4.37. The van der Waals surface area contributed by atoms with Crippen LogP contribution in [0.1, 0.15) is 58.9 Å². The van der Waals surface area contributed by atoms with Crippen LogP contribution in [0.4, 0.5) is 5.69 Å². The number of aromatic carboxylic acids is 1. The number of rotatable bonds is 13. The molecule has 9 nitrogen and oxygen atoms in total. The van der Waals surface area contributed by atoms with Crippen molar-refractivity contribution >= 4 is 35.1 Å². The van der Waals surface area contributed by atoms with Gasteiger partial charge in [-0.1, -0.05) is 67.4 Å². The molecule has 208 valence electrons. The molecule has 0 bridgehead atoms. The van der Waals surface area contributed by atoms with Gasteiger partial charge < -0.3 is 24.7 Å². The topological polar surface area (TPSA) is 126 Å². The Morgan fingerprint density at radius 3 is 2.35 bits per heavy atom. The standard InChI is InChI=1S/C30H31ClN4O5/c1-2-3-11-26-33-28(31)24(18-27(36)37)35(26)19-21-12-14-22(15-13-21)32-29(38)25(17-20-8-5-4-6-9-20)34-16-7-10-23(34)30(39)40/h4-10,12-16,25H,2-3,11,17-19H2,1H3,(H,32,38)(H,36,37)(H,39,40). The van der Waals surface area contributed by atoms with E-state index in [2.05, 4.69) is 17.2 Å². The van der Waals surface area contributed by atoms with Crippen LogP contribution in [0.15, 0.2) is 72.9 Å². The second-order valence-electron chi connectivity index (χ2n) is 9.52. The number of amides is 1. The number of carboxylic acids is 2. The average Bonchev–Trinajstić information content (AvgIpc) is 3.53. The number of halogens is 1. The molecular formula is C30H31ClN4O5. The predicted octanol–water partition coefficient (Wildman–Crippen LogP) is 5.48. The van der Waals surface area contributed by atoms with Crippen molar-refractivity contribution in [1.82, 2.24) is 14.1 Å². The SMILES string of the molecule is CCCCc1nc(Cl)c(CC(=O)O)n1Cc1ccc(NC(=O)C(Cc2ccccc2)n2cccc2C(=O)O)cc1. The maximum absolute atomic E-state index is 13.5. The molecule has 1 atom stereocenters. The lowest BCUT2D eigenvalue weighted by molar-refractivity contribution is -0.136. The summed E-state index contributed by atoms with van der Waals surface area (Å²) in [6, 6.07) is 19.0. The van der Waals surface area contributed by atoms with Crippen LogP contribution >= 0.6 is 11.6 Å². The smallest absolute Gasteiger partial charge is 0.352 e. The summed E-state index contributed by atoms with van der Waals surface area (Å²) < 4.78 is 3.33. The summed E-state index contributed by atoms with van der Waals surface area (Å²) in [5, 5.41) is 22.1. The van der Waals surface area contributed by atoms with Crippen molar-refractivity contribution in [1.29, 1.82) is 0 Å². The van der Waals surface area contributed by atoms with Crippen molar-refractivity contribution in [2.75, 3.05) is 5.32 Å². The van der Waals surface area contributed by atoms with Crippen molar-refractivity contribution in [3.8, 4) is 0 Å². The number of nitrogens with zero attached hydrogens (tertiary/aromatic N) is 3. The second kappa shape index (κ2) is 13.1. The summed E-state index contributed by atoms with van der Waals surface area (Å²) >= 11 is 6.30. The molecule has 0 aliphatic rings. The lowest BCUT2D eigenvalue weighted by Gasteiger charge is -2.21. The number of imidazole rings is 1. The Morgan fingerprint density at radius 1 is 0.975 bits per heavy atom. The second-order valence-corrected chi connectivity index (χ2v) is 9.88. The third-order valence-electron chi connectivity index (χ3n) is 6.65. The van der Waals surface area contributed by atoms with Gasteiger partial charge in [0, 0.05) is 31.3 Å². The van der Waals surface area contributed by atoms with Crippen LogP contribution in [0, 0.1) is 0 Å². The van der Waals surface area contributed by atoms with Crippen LogP contribution in [-0.2, 0) is 35.4 Å². The first-order chi connectivity index (χ1) is 19.3. The molecule has 2 heterocycles. The molecule has 4 rings (SSSR count). The fourth-order valence-electron chi connectivity index (χ4n) is 4.63. The molecule has 0 aliphatic heterocycles. The Bertz CT molecular complexity index is 1480. The van der Waals surface area contributed by atoms with Gasteiger partial charge in [-0.05, 0) is 41.8 Å². The van der Waals surface area contributed by atoms with Crippen LogP contribution in [0.3, 0.4) is 0 Å². The molecule has 0 spiro atoms. The molecule has 2 aromatic heterocycles. The molecule has 0 fully saturated rings. The van der Waals surface area contributed by atoms with Crippen molar-refractivity contribution in [2.24, 2.45) is 0 Å². The normalized spacial score (nSPS) is 11.8. The molecule has 0 saturated carbocycles. The van der Waals surface area contributed by atoms with Gasteiger partial charge >= 0.3 is 11.9 Å². The minimum Gasteiger partial charge on any atom is -0.481 e. The number of aliphatic carboxylic acids is 1. The molecule has 1 unspecified atom stereocenters. The van der Waals surface area contributed by atoms with E-state index in [4.69, 9.17) is 11.6 Å². The van der Waals surface area contributed by atoms with Gasteiger partial charge in [0.2, 0.25) is 5.91 Å². The van der Waals surface area contributed by atoms with Crippen molar-refractivity contribution < 1.29 is 24.6 Å². The Balaban J connectivity index is 1.54.